The zero-order valence-electron chi connectivity index (χ0n) is 26.4. The van der Waals surface area contributed by atoms with Crippen LogP contribution in [0.25, 0.3) is 10.9 Å². The predicted octanol–water partition coefficient (Wildman–Crippen LogP) is 5.74. The zero-order chi connectivity index (χ0) is 32.0. The number of methoxy groups -OCH3 is 2. The highest BCUT2D eigenvalue weighted by molar-refractivity contribution is 6.22. The van der Waals surface area contributed by atoms with Crippen LogP contribution in [0, 0.1) is 0 Å². The van der Waals surface area contributed by atoms with Gasteiger partial charge in [0.1, 0.15) is 0 Å². The third-order valence-electron chi connectivity index (χ3n) is 8.41. The first-order chi connectivity index (χ1) is 22.4. The maximum absolute atomic E-state index is 13.3. The van der Waals surface area contributed by atoms with Crippen LogP contribution < -0.4 is 14.8 Å². The number of aliphatic imine (C=N–C) groups is 1. The molecule has 1 fully saturated rings. The molecule has 236 valence electrons. The van der Waals surface area contributed by atoms with Gasteiger partial charge in [0.25, 0.3) is 5.91 Å². The van der Waals surface area contributed by atoms with Crippen LogP contribution in [0.1, 0.15) is 32.6 Å². The second-order valence-electron chi connectivity index (χ2n) is 11.6. The summed E-state index contributed by atoms with van der Waals surface area (Å²) < 4.78 is 10.7. The minimum atomic E-state index is -0.238. The molecule has 0 unspecified atom stereocenters. The first kappa shape index (κ1) is 30.9. The molecule has 0 saturated carbocycles. The third-order valence-corrected chi connectivity index (χ3v) is 8.41. The molecular formula is C37H39N5O4. The molecule has 1 amide bonds. The van der Waals surface area contributed by atoms with Gasteiger partial charge in [0.15, 0.2) is 17.4 Å². The molecule has 0 spiro atoms. The Morgan fingerprint density at radius 1 is 0.848 bits per heavy atom. The quantitative estimate of drug-likeness (QED) is 0.173. The van der Waals surface area contributed by atoms with Gasteiger partial charge in [-0.2, -0.15) is 0 Å². The summed E-state index contributed by atoms with van der Waals surface area (Å²) in [6, 6.07) is 28.9. The van der Waals surface area contributed by atoms with Gasteiger partial charge in [0.2, 0.25) is 0 Å². The molecule has 6 rings (SSSR count). The lowest BCUT2D eigenvalue weighted by Crippen LogP contribution is -2.43. The van der Waals surface area contributed by atoms with Crippen LogP contribution in [-0.2, 0) is 13.1 Å². The Morgan fingerprint density at radius 2 is 1.57 bits per heavy atom. The molecule has 9 heteroatoms. The molecule has 2 heterocycles. The van der Waals surface area contributed by atoms with Crippen LogP contribution in [0.2, 0.25) is 0 Å². The van der Waals surface area contributed by atoms with E-state index in [-0.39, 0.29) is 11.8 Å². The summed E-state index contributed by atoms with van der Waals surface area (Å²) in [5.41, 5.74) is 6.06. The van der Waals surface area contributed by atoms with Gasteiger partial charge >= 0.3 is 0 Å². The highest BCUT2D eigenvalue weighted by Gasteiger charge is 2.20. The van der Waals surface area contributed by atoms with Gasteiger partial charge in [0.05, 0.1) is 31.2 Å². The fourth-order valence-corrected chi connectivity index (χ4v) is 5.76. The highest BCUT2D eigenvalue weighted by Crippen LogP contribution is 2.33. The monoisotopic (exact) mass is 617 g/mol. The van der Waals surface area contributed by atoms with Crippen molar-refractivity contribution >= 4 is 28.2 Å². The van der Waals surface area contributed by atoms with Crippen molar-refractivity contribution in [3.8, 4) is 17.4 Å². The molecule has 9 nitrogen and oxygen atoms in total. The molecule has 3 N–H and O–H groups in total. The number of piperazine rings is 1. The van der Waals surface area contributed by atoms with Crippen molar-refractivity contribution in [2.75, 3.05) is 47.4 Å². The number of aromatic hydroxyl groups is 1. The number of H-pyrrole nitrogens is 1. The van der Waals surface area contributed by atoms with E-state index in [9.17, 15) is 9.90 Å². The summed E-state index contributed by atoms with van der Waals surface area (Å²) in [7, 11) is 5.33. The molecule has 0 atom stereocenters. The Labute approximate surface area is 269 Å². The predicted molar refractivity (Wildman–Crippen MR) is 182 cm³/mol. The number of carbonyl (C=O) groups excluding carboxylic acids is 1. The molecular weight excluding hydrogens is 578 g/mol. The molecule has 46 heavy (non-hydrogen) atoms. The van der Waals surface area contributed by atoms with E-state index in [0.717, 1.165) is 49.5 Å². The molecule has 5 aromatic rings. The first-order valence-corrected chi connectivity index (χ1v) is 15.4. The number of amides is 1. The largest absolute Gasteiger partial charge is 0.494 e. The standard InChI is InChI=1S/C37H39N5O4/c1-41-17-19-42(20-18-41)24-25-9-13-29(14-10-25)39-35(27-7-5-4-6-8-27)34-30-22-28(12-15-31(30)40-37(34)44)36(43)38-23-26-11-16-32(45-2)33(21-26)46-3/h4-16,21-22,40,44H,17-20,23-24H2,1-3H3,(H,38,43). The topological polar surface area (TPSA) is 102 Å². The first-order valence-electron chi connectivity index (χ1n) is 15.4. The minimum Gasteiger partial charge on any atom is -0.494 e. The summed E-state index contributed by atoms with van der Waals surface area (Å²) in [6.45, 7) is 5.50. The van der Waals surface area contributed by atoms with E-state index < -0.39 is 0 Å². The number of nitrogens with zero attached hydrogens (tertiary/aromatic N) is 3. The average Bonchev–Trinajstić information content (AvgIpc) is 3.42. The Kier molecular flexibility index (Phi) is 9.33. The Balaban J connectivity index is 1.28. The smallest absolute Gasteiger partial charge is 0.251 e. The van der Waals surface area contributed by atoms with Crippen molar-refractivity contribution < 1.29 is 19.4 Å². The SMILES string of the molecule is COc1ccc(CNC(=O)c2ccc3[nH]c(O)c(C(=Nc4ccc(CN5CCN(C)CC5)cc4)c4ccccc4)c3c2)cc1OC. The summed E-state index contributed by atoms with van der Waals surface area (Å²) in [4.78, 5) is 26.3. The van der Waals surface area contributed by atoms with Crippen LogP contribution in [-0.4, -0.2) is 79.0 Å². The van der Waals surface area contributed by atoms with Gasteiger partial charge < -0.3 is 29.8 Å². The molecule has 1 aliphatic heterocycles. The molecule has 0 radical (unpaired) electrons. The average molecular weight is 618 g/mol. The summed E-state index contributed by atoms with van der Waals surface area (Å²) >= 11 is 0. The Bertz CT molecular complexity index is 1840. The highest BCUT2D eigenvalue weighted by atomic mass is 16.5. The van der Waals surface area contributed by atoms with Crippen molar-refractivity contribution in [3.05, 3.63) is 119 Å². The number of fused-ring (bicyclic) bond motifs is 1. The van der Waals surface area contributed by atoms with Gasteiger partial charge in [-0.25, -0.2) is 4.99 Å². The van der Waals surface area contributed by atoms with E-state index in [4.69, 9.17) is 14.5 Å². The third kappa shape index (κ3) is 6.91. The van der Waals surface area contributed by atoms with E-state index in [1.165, 1.54) is 5.56 Å². The number of ether oxygens (including phenoxy) is 2. The van der Waals surface area contributed by atoms with Gasteiger partial charge in [-0.15, -0.1) is 0 Å². The van der Waals surface area contributed by atoms with E-state index in [0.29, 0.717) is 45.8 Å². The van der Waals surface area contributed by atoms with Crippen molar-refractivity contribution in [1.82, 2.24) is 20.1 Å². The maximum atomic E-state index is 13.3. The van der Waals surface area contributed by atoms with Gasteiger partial charge in [-0.1, -0.05) is 48.5 Å². The summed E-state index contributed by atoms with van der Waals surface area (Å²) in [5, 5.41) is 14.9. The van der Waals surface area contributed by atoms with Crippen molar-refractivity contribution in [2.45, 2.75) is 13.1 Å². The van der Waals surface area contributed by atoms with Gasteiger partial charge in [-0.3, -0.25) is 9.69 Å². The number of aromatic amines is 1. The van der Waals surface area contributed by atoms with Crippen LogP contribution in [0.5, 0.6) is 17.4 Å². The van der Waals surface area contributed by atoms with E-state index in [2.05, 4.69) is 39.3 Å². The second kappa shape index (κ2) is 13.9. The fourth-order valence-electron chi connectivity index (χ4n) is 5.76. The molecule has 1 aliphatic rings. The number of nitrogens with one attached hydrogen (secondary N) is 2. The van der Waals surface area contributed by atoms with Crippen molar-refractivity contribution in [2.24, 2.45) is 4.99 Å². The van der Waals surface area contributed by atoms with Crippen molar-refractivity contribution in [3.63, 3.8) is 0 Å². The lowest BCUT2D eigenvalue weighted by Gasteiger charge is -2.32. The van der Waals surface area contributed by atoms with Gasteiger partial charge in [-0.05, 0) is 60.6 Å². The number of hydrogen-bond donors (Lipinski definition) is 3. The molecule has 1 saturated heterocycles. The minimum absolute atomic E-state index is 0.00724. The molecule has 1 aromatic heterocycles. The molecule has 0 aliphatic carbocycles. The lowest BCUT2D eigenvalue weighted by molar-refractivity contribution is 0.0951. The van der Waals surface area contributed by atoms with Crippen LogP contribution in [0.15, 0.2) is 96.0 Å². The number of carbonyl (C=O) groups is 1. The summed E-state index contributed by atoms with van der Waals surface area (Å²) in [6.07, 6.45) is 0. The normalized spacial score (nSPS) is 14.4. The molecule has 0 bridgehead atoms. The van der Waals surface area contributed by atoms with E-state index >= 15 is 0 Å². The number of benzene rings is 4. The second-order valence-corrected chi connectivity index (χ2v) is 11.6. The Hall–Kier alpha value is -5.12. The Morgan fingerprint density at radius 3 is 2.28 bits per heavy atom. The van der Waals surface area contributed by atoms with Gasteiger partial charge in [0, 0.05) is 61.3 Å². The van der Waals surface area contributed by atoms with E-state index in [1.54, 1.807) is 32.4 Å². The lowest BCUT2D eigenvalue weighted by atomic mass is 9.99. The zero-order valence-corrected chi connectivity index (χ0v) is 26.4. The van der Waals surface area contributed by atoms with E-state index in [1.807, 2.05) is 60.7 Å². The fraction of sp³-hybridized carbons (Fsp3) is 0.243. The maximum Gasteiger partial charge on any atom is 0.251 e. The van der Waals surface area contributed by atoms with Crippen LogP contribution >= 0.6 is 0 Å². The number of likely N-dealkylation sites (N-methyl/N-ethyl adjacent to an activating group) is 1. The molecule has 4 aromatic carbocycles. The summed E-state index contributed by atoms with van der Waals surface area (Å²) in [5.74, 6) is 0.977. The van der Waals surface area contributed by atoms with Crippen LogP contribution in [0.4, 0.5) is 5.69 Å². The van der Waals surface area contributed by atoms with Crippen LogP contribution in [0.3, 0.4) is 0 Å². The van der Waals surface area contributed by atoms with Crippen molar-refractivity contribution in [1.29, 1.82) is 0 Å². The number of rotatable bonds is 10. The number of hydrogen-bond acceptors (Lipinski definition) is 7. The number of aromatic nitrogens is 1.